The number of carbonyl (C=O) groups excluding carboxylic acids is 2. The first kappa shape index (κ1) is 20.8. The molecule has 0 radical (unpaired) electrons. The zero-order valence-electron chi connectivity index (χ0n) is 17.8. The third-order valence-electron chi connectivity index (χ3n) is 5.61. The molecule has 4 rings (SSSR count). The number of carbonyl (C=O) groups is 2. The highest BCUT2D eigenvalue weighted by molar-refractivity contribution is 5.97. The van der Waals surface area contributed by atoms with Gasteiger partial charge in [0, 0.05) is 58.6 Å². The Bertz CT molecular complexity index is 1230. The molecule has 0 aliphatic carbocycles. The molecule has 1 aliphatic rings. The van der Waals surface area contributed by atoms with Gasteiger partial charge in [0.05, 0.1) is 6.61 Å². The van der Waals surface area contributed by atoms with Crippen LogP contribution in [0, 0.1) is 0 Å². The lowest BCUT2D eigenvalue weighted by Crippen LogP contribution is -2.41. The van der Waals surface area contributed by atoms with Crippen LogP contribution in [0.1, 0.15) is 32.0 Å². The van der Waals surface area contributed by atoms with E-state index in [2.05, 4.69) is 10.3 Å². The zero-order chi connectivity index (χ0) is 22.1. The van der Waals surface area contributed by atoms with Crippen molar-refractivity contribution in [2.24, 2.45) is 14.1 Å². The van der Waals surface area contributed by atoms with Crippen molar-refractivity contribution in [3.05, 3.63) is 63.3 Å². The van der Waals surface area contributed by atoms with E-state index in [1.54, 1.807) is 31.3 Å². The van der Waals surface area contributed by atoms with Crippen molar-refractivity contribution in [2.45, 2.75) is 13.0 Å². The van der Waals surface area contributed by atoms with Crippen LogP contribution in [-0.2, 0) is 31.8 Å². The molecule has 0 unspecified atom stereocenters. The van der Waals surface area contributed by atoms with E-state index in [0.717, 1.165) is 16.6 Å². The fourth-order valence-corrected chi connectivity index (χ4v) is 3.97. The number of nitrogens with one attached hydrogen (secondary N) is 1. The number of aromatic nitrogens is 3. The summed E-state index contributed by atoms with van der Waals surface area (Å²) in [5.74, 6) is -0.584. The van der Waals surface area contributed by atoms with Gasteiger partial charge in [-0.1, -0.05) is 0 Å². The van der Waals surface area contributed by atoms with Gasteiger partial charge in [0.1, 0.15) is 16.9 Å². The molecule has 9 heteroatoms. The number of methoxy groups -OCH3 is 1. The van der Waals surface area contributed by atoms with Gasteiger partial charge in [0.15, 0.2) is 0 Å². The van der Waals surface area contributed by atoms with Crippen molar-refractivity contribution in [3.63, 3.8) is 0 Å². The molecule has 31 heavy (non-hydrogen) atoms. The first-order valence-electron chi connectivity index (χ1n) is 10.1. The number of hydrogen-bond acceptors (Lipinski definition) is 5. The standard InChI is InChI=1S/C22H25N5O4/c1-25-9-6-14-4-5-17(24-19(14)25)21(29)27-10-7-16-15(13-27)12-26(2)22(30)18(16)20(28)23-8-11-31-3/h4-6,9,12H,7-8,10-11,13H2,1-3H3,(H,23,28). The number of ether oxygens (including phenoxy) is 1. The van der Waals surface area contributed by atoms with Gasteiger partial charge in [-0.15, -0.1) is 0 Å². The number of amides is 2. The van der Waals surface area contributed by atoms with E-state index in [9.17, 15) is 14.4 Å². The van der Waals surface area contributed by atoms with E-state index >= 15 is 0 Å². The second-order valence-electron chi connectivity index (χ2n) is 7.69. The molecule has 0 saturated heterocycles. The number of rotatable bonds is 5. The minimum Gasteiger partial charge on any atom is -0.383 e. The van der Waals surface area contributed by atoms with Gasteiger partial charge in [0.2, 0.25) is 0 Å². The maximum atomic E-state index is 13.1. The van der Waals surface area contributed by atoms with E-state index in [4.69, 9.17) is 4.74 Å². The summed E-state index contributed by atoms with van der Waals surface area (Å²) in [7, 11) is 5.05. The SMILES string of the molecule is COCCNC(=O)c1c2c(cn(C)c1=O)CN(C(=O)c1ccc3ccn(C)c3n1)CC2. The Morgan fingerprint density at radius 2 is 2.00 bits per heavy atom. The topological polar surface area (TPSA) is 98.5 Å². The van der Waals surface area contributed by atoms with Crippen molar-refractivity contribution in [2.75, 3.05) is 26.8 Å². The highest BCUT2D eigenvalue weighted by Crippen LogP contribution is 2.22. The predicted molar refractivity (Wildman–Crippen MR) is 115 cm³/mol. The molecule has 2 amide bonds. The summed E-state index contributed by atoms with van der Waals surface area (Å²) in [6.45, 7) is 1.40. The zero-order valence-corrected chi connectivity index (χ0v) is 17.8. The largest absolute Gasteiger partial charge is 0.383 e. The van der Waals surface area contributed by atoms with Gasteiger partial charge in [-0.25, -0.2) is 4.98 Å². The van der Waals surface area contributed by atoms with E-state index < -0.39 is 5.91 Å². The van der Waals surface area contributed by atoms with Gasteiger partial charge in [-0.05, 0) is 35.7 Å². The van der Waals surface area contributed by atoms with E-state index in [1.165, 1.54) is 4.57 Å². The lowest BCUT2D eigenvalue weighted by molar-refractivity contribution is 0.0728. The van der Waals surface area contributed by atoms with Crippen molar-refractivity contribution in [1.29, 1.82) is 0 Å². The summed E-state index contributed by atoms with van der Waals surface area (Å²) in [5.41, 5.74) is 2.42. The molecule has 1 N–H and O–H groups in total. The molecule has 0 atom stereocenters. The van der Waals surface area contributed by atoms with Crippen LogP contribution in [0.3, 0.4) is 0 Å². The molecular weight excluding hydrogens is 398 g/mol. The van der Waals surface area contributed by atoms with E-state index in [0.29, 0.717) is 43.9 Å². The minimum absolute atomic E-state index is 0.145. The lowest BCUT2D eigenvalue weighted by atomic mass is 9.96. The number of hydrogen-bond donors (Lipinski definition) is 1. The van der Waals surface area contributed by atoms with Gasteiger partial charge in [-0.2, -0.15) is 0 Å². The third-order valence-corrected chi connectivity index (χ3v) is 5.61. The van der Waals surface area contributed by atoms with E-state index in [1.807, 2.05) is 29.9 Å². The second kappa shape index (κ2) is 8.35. The summed E-state index contributed by atoms with van der Waals surface area (Å²) in [6.07, 6.45) is 4.04. The predicted octanol–water partition coefficient (Wildman–Crippen LogP) is 0.847. The van der Waals surface area contributed by atoms with Crippen LogP contribution in [0.25, 0.3) is 11.0 Å². The Hall–Kier alpha value is -3.46. The molecule has 0 bridgehead atoms. The Morgan fingerprint density at radius 1 is 1.19 bits per heavy atom. The molecule has 9 nitrogen and oxygen atoms in total. The van der Waals surface area contributed by atoms with Crippen molar-refractivity contribution >= 4 is 22.8 Å². The molecule has 4 heterocycles. The molecule has 0 spiro atoms. The molecule has 0 fully saturated rings. The highest BCUT2D eigenvalue weighted by atomic mass is 16.5. The van der Waals surface area contributed by atoms with Crippen molar-refractivity contribution < 1.29 is 14.3 Å². The molecular formula is C22H25N5O4. The van der Waals surface area contributed by atoms with Crippen LogP contribution < -0.4 is 10.9 Å². The van der Waals surface area contributed by atoms with Crippen LogP contribution in [0.5, 0.6) is 0 Å². The minimum atomic E-state index is -0.412. The maximum Gasteiger partial charge on any atom is 0.272 e. The van der Waals surface area contributed by atoms with Crippen LogP contribution >= 0.6 is 0 Å². The Balaban J connectivity index is 1.62. The average Bonchev–Trinajstić information content (AvgIpc) is 3.14. The van der Waals surface area contributed by atoms with E-state index in [-0.39, 0.29) is 17.0 Å². The molecule has 0 saturated carbocycles. The number of nitrogens with zero attached hydrogens (tertiary/aromatic N) is 4. The Labute approximate surface area is 179 Å². The van der Waals surface area contributed by atoms with Crippen LogP contribution in [-0.4, -0.2) is 57.6 Å². The molecule has 162 valence electrons. The monoisotopic (exact) mass is 423 g/mol. The van der Waals surface area contributed by atoms with Crippen LogP contribution in [0.2, 0.25) is 0 Å². The van der Waals surface area contributed by atoms with Gasteiger partial charge in [-0.3, -0.25) is 14.4 Å². The Kier molecular flexibility index (Phi) is 5.60. The number of aryl methyl sites for hydroxylation is 2. The highest BCUT2D eigenvalue weighted by Gasteiger charge is 2.28. The fraction of sp³-hybridized carbons (Fsp3) is 0.364. The first-order valence-corrected chi connectivity index (χ1v) is 10.1. The quantitative estimate of drug-likeness (QED) is 0.614. The van der Waals surface area contributed by atoms with Gasteiger partial charge >= 0.3 is 0 Å². The second-order valence-corrected chi connectivity index (χ2v) is 7.69. The summed E-state index contributed by atoms with van der Waals surface area (Å²) in [5, 5.41) is 3.70. The normalized spacial score (nSPS) is 13.3. The molecule has 3 aromatic heterocycles. The Morgan fingerprint density at radius 3 is 2.77 bits per heavy atom. The van der Waals surface area contributed by atoms with Gasteiger partial charge in [0.25, 0.3) is 17.4 Å². The van der Waals surface area contributed by atoms with Crippen molar-refractivity contribution in [3.8, 4) is 0 Å². The summed E-state index contributed by atoms with van der Waals surface area (Å²) in [6, 6.07) is 5.57. The molecule has 1 aliphatic heterocycles. The van der Waals surface area contributed by atoms with Crippen LogP contribution in [0.4, 0.5) is 0 Å². The molecule has 0 aromatic carbocycles. The number of pyridine rings is 2. The average molecular weight is 423 g/mol. The smallest absolute Gasteiger partial charge is 0.272 e. The maximum absolute atomic E-state index is 13.1. The lowest BCUT2D eigenvalue weighted by Gasteiger charge is -2.30. The first-order chi connectivity index (χ1) is 14.9. The summed E-state index contributed by atoms with van der Waals surface area (Å²) < 4.78 is 8.23. The summed E-state index contributed by atoms with van der Waals surface area (Å²) in [4.78, 5) is 44.7. The summed E-state index contributed by atoms with van der Waals surface area (Å²) >= 11 is 0. The van der Waals surface area contributed by atoms with Gasteiger partial charge < -0.3 is 24.1 Å². The van der Waals surface area contributed by atoms with Crippen LogP contribution in [0.15, 0.2) is 35.4 Å². The van der Waals surface area contributed by atoms with Crippen molar-refractivity contribution in [1.82, 2.24) is 24.3 Å². The number of fused-ring (bicyclic) bond motifs is 2. The fourth-order valence-electron chi connectivity index (χ4n) is 3.97. The third kappa shape index (κ3) is 3.84. The molecule has 3 aromatic rings.